The first-order valence-corrected chi connectivity index (χ1v) is 10.9. The lowest BCUT2D eigenvalue weighted by atomic mass is 9.86. The highest BCUT2D eigenvalue weighted by Crippen LogP contribution is 2.27. The van der Waals surface area contributed by atoms with Gasteiger partial charge in [0.05, 0.1) is 18.2 Å². The number of benzene rings is 1. The highest BCUT2D eigenvalue weighted by molar-refractivity contribution is 7.89. The lowest BCUT2D eigenvalue weighted by Crippen LogP contribution is -2.41. The zero-order valence-corrected chi connectivity index (χ0v) is 16.5. The molecule has 0 unspecified atom stereocenters. The number of rotatable bonds is 4. The van der Waals surface area contributed by atoms with Crippen molar-refractivity contribution < 1.29 is 17.9 Å². The molecule has 1 N–H and O–H groups in total. The van der Waals surface area contributed by atoms with E-state index in [0.717, 1.165) is 19.3 Å². The summed E-state index contributed by atoms with van der Waals surface area (Å²) in [5.41, 5.74) is 0.319. The van der Waals surface area contributed by atoms with Crippen LogP contribution in [-0.2, 0) is 14.8 Å². The minimum Gasteiger partial charge on any atom is -0.379 e. The first-order chi connectivity index (χ1) is 12.4. The van der Waals surface area contributed by atoms with Crippen molar-refractivity contribution >= 4 is 27.5 Å². The third-order valence-electron chi connectivity index (χ3n) is 5.21. The molecule has 1 heterocycles. The van der Waals surface area contributed by atoms with Gasteiger partial charge in [-0.1, -0.05) is 31.4 Å². The molecule has 1 aromatic rings. The molecule has 2 atom stereocenters. The van der Waals surface area contributed by atoms with Crippen LogP contribution in [0, 0.1) is 5.92 Å². The summed E-state index contributed by atoms with van der Waals surface area (Å²) >= 11 is 6.15. The molecule has 6 nitrogen and oxygen atoms in total. The van der Waals surface area contributed by atoms with E-state index in [0.29, 0.717) is 24.7 Å². The van der Waals surface area contributed by atoms with Crippen LogP contribution >= 0.6 is 11.6 Å². The number of hydrogen-bond acceptors (Lipinski definition) is 4. The Labute approximate surface area is 159 Å². The molecule has 2 aliphatic rings. The molecule has 8 heteroatoms. The van der Waals surface area contributed by atoms with Crippen molar-refractivity contribution in [2.45, 2.75) is 43.5 Å². The second-order valence-electron chi connectivity index (χ2n) is 7.00. The molecule has 1 aliphatic carbocycles. The zero-order valence-electron chi connectivity index (χ0n) is 14.9. The molecule has 0 radical (unpaired) electrons. The Bertz CT molecular complexity index is 762. The maximum Gasteiger partial charge on any atom is 0.251 e. The third-order valence-corrected chi connectivity index (χ3v) is 7.59. The van der Waals surface area contributed by atoms with E-state index in [1.807, 2.05) is 0 Å². The number of ether oxygens (including phenoxy) is 1. The summed E-state index contributed by atoms with van der Waals surface area (Å²) < 4.78 is 32.3. The maximum atomic E-state index is 12.9. The van der Waals surface area contributed by atoms with Crippen molar-refractivity contribution in [3.05, 3.63) is 28.8 Å². The third kappa shape index (κ3) is 4.22. The molecule has 1 aromatic carbocycles. The molecular weight excluding hydrogens is 376 g/mol. The lowest BCUT2D eigenvalue weighted by Gasteiger charge is -2.29. The van der Waals surface area contributed by atoms with Crippen LogP contribution in [0.2, 0.25) is 5.02 Å². The predicted octanol–water partition coefficient (Wildman–Crippen LogP) is 2.67. The molecule has 1 saturated carbocycles. The van der Waals surface area contributed by atoms with Gasteiger partial charge in [-0.05, 0) is 37.0 Å². The number of morpholine rings is 1. The molecule has 0 aromatic heterocycles. The summed E-state index contributed by atoms with van der Waals surface area (Å²) in [7, 11) is -3.75. The number of nitrogens with one attached hydrogen (secondary N) is 1. The molecule has 0 bridgehead atoms. The molecule has 2 fully saturated rings. The quantitative estimate of drug-likeness (QED) is 0.843. The molecule has 1 aliphatic heterocycles. The minimum atomic E-state index is -3.75. The van der Waals surface area contributed by atoms with E-state index in [-0.39, 0.29) is 35.0 Å². The van der Waals surface area contributed by atoms with Crippen LogP contribution in [0.3, 0.4) is 0 Å². The number of hydrogen-bond donors (Lipinski definition) is 1. The minimum absolute atomic E-state index is 0.0228. The number of sulfonamides is 1. The normalized spacial score (nSPS) is 25.0. The standard InChI is InChI=1S/C18H25ClN2O4S/c1-13-4-2-3-5-16(13)20-18(22)14-6-7-15(19)17(12-14)26(23,24)21-8-10-25-11-9-21/h6-7,12-13,16H,2-5,8-11H2,1H3,(H,20,22)/t13-,16+/m1/s1. The Hall–Kier alpha value is -1.15. The largest absolute Gasteiger partial charge is 0.379 e. The Morgan fingerprint density at radius 1 is 1.23 bits per heavy atom. The van der Waals surface area contributed by atoms with Crippen molar-refractivity contribution in [1.82, 2.24) is 9.62 Å². The molecular formula is C18H25ClN2O4S. The molecule has 3 rings (SSSR count). The smallest absolute Gasteiger partial charge is 0.251 e. The Kier molecular flexibility index (Phi) is 6.22. The second-order valence-corrected chi connectivity index (χ2v) is 9.32. The van der Waals surface area contributed by atoms with Crippen molar-refractivity contribution in [2.24, 2.45) is 5.92 Å². The highest BCUT2D eigenvalue weighted by atomic mass is 35.5. The topological polar surface area (TPSA) is 75.7 Å². The van der Waals surface area contributed by atoms with Gasteiger partial charge in [0.1, 0.15) is 4.90 Å². The first-order valence-electron chi connectivity index (χ1n) is 9.08. The molecule has 1 amide bonds. The summed E-state index contributed by atoms with van der Waals surface area (Å²) in [5, 5.41) is 3.18. The highest BCUT2D eigenvalue weighted by Gasteiger charge is 2.30. The van der Waals surface area contributed by atoms with E-state index in [4.69, 9.17) is 16.3 Å². The number of nitrogens with zero attached hydrogens (tertiary/aromatic N) is 1. The van der Waals surface area contributed by atoms with E-state index in [1.165, 1.54) is 22.9 Å². The summed E-state index contributed by atoms with van der Waals surface area (Å²) in [6.45, 7) is 3.43. The molecule has 1 saturated heterocycles. The van der Waals surface area contributed by atoms with Crippen LogP contribution in [0.25, 0.3) is 0 Å². The van der Waals surface area contributed by atoms with Crippen LogP contribution in [0.4, 0.5) is 0 Å². The van der Waals surface area contributed by atoms with Crippen molar-refractivity contribution in [3.63, 3.8) is 0 Å². The Balaban J connectivity index is 1.81. The lowest BCUT2D eigenvalue weighted by molar-refractivity contribution is 0.0730. The van der Waals surface area contributed by atoms with Gasteiger partial charge < -0.3 is 10.1 Å². The second kappa shape index (κ2) is 8.25. The number of halogens is 1. The fraction of sp³-hybridized carbons (Fsp3) is 0.611. The monoisotopic (exact) mass is 400 g/mol. The number of carbonyl (C=O) groups excluding carboxylic acids is 1. The van der Waals surface area contributed by atoms with Crippen molar-refractivity contribution in [1.29, 1.82) is 0 Å². The summed E-state index contributed by atoms with van der Waals surface area (Å²) in [6.07, 6.45) is 4.35. The number of amides is 1. The van der Waals surface area contributed by atoms with Gasteiger partial charge in [-0.15, -0.1) is 0 Å². The summed E-state index contributed by atoms with van der Waals surface area (Å²) in [6, 6.07) is 4.57. The average molecular weight is 401 g/mol. The summed E-state index contributed by atoms with van der Waals surface area (Å²) in [4.78, 5) is 12.6. The van der Waals surface area contributed by atoms with Gasteiger partial charge in [0.15, 0.2) is 0 Å². The van der Waals surface area contributed by atoms with Crippen LogP contribution in [0.5, 0.6) is 0 Å². The van der Waals surface area contributed by atoms with Gasteiger partial charge in [-0.2, -0.15) is 4.31 Å². The van der Waals surface area contributed by atoms with Gasteiger partial charge in [0, 0.05) is 24.7 Å². The summed E-state index contributed by atoms with van der Waals surface area (Å²) in [5.74, 6) is 0.176. The van der Waals surface area contributed by atoms with Gasteiger partial charge in [0.25, 0.3) is 5.91 Å². The maximum absolute atomic E-state index is 12.9. The fourth-order valence-corrected chi connectivity index (χ4v) is 5.46. The average Bonchev–Trinajstić information content (AvgIpc) is 2.64. The van der Waals surface area contributed by atoms with E-state index >= 15 is 0 Å². The zero-order chi connectivity index (χ0) is 18.7. The van der Waals surface area contributed by atoms with Crippen molar-refractivity contribution in [3.8, 4) is 0 Å². The van der Waals surface area contributed by atoms with E-state index < -0.39 is 10.0 Å². The van der Waals surface area contributed by atoms with E-state index in [1.54, 1.807) is 6.07 Å². The number of carbonyl (C=O) groups is 1. The molecule has 144 valence electrons. The van der Waals surface area contributed by atoms with Crippen LogP contribution in [0.1, 0.15) is 43.0 Å². The van der Waals surface area contributed by atoms with E-state index in [9.17, 15) is 13.2 Å². The van der Waals surface area contributed by atoms with Gasteiger partial charge in [-0.3, -0.25) is 4.79 Å². The molecule has 0 spiro atoms. The van der Waals surface area contributed by atoms with Gasteiger partial charge in [0.2, 0.25) is 10.0 Å². The van der Waals surface area contributed by atoms with Crippen LogP contribution in [0.15, 0.2) is 23.1 Å². The van der Waals surface area contributed by atoms with Crippen molar-refractivity contribution in [2.75, 3.05) is 26.3 Å². The Morgan fingerprint density at radius 3 is 2.62 bits per heavy atom. The van der Waals surface area contributed by atoms with Gasteiger partial charge >= 0.3 is 0 Å². The first kappa shape index (κ1) is 19.6. The van der Waals surface area contributed by atoms with Crippen LogP contribution in [-0.4, -0.2) is 51.0 Å². The fourth-order valence-electron chi connectivity index (χ4n) is 3.55. The van der Waals surface area contributed by atoms with Crippen LogP contribution < -0.4 is 5.32 Å². The van der Waals surface area contributed by atoms with Gasteiger partial charge in [-0.25, -0.2) is 8.42 Å². The predicted molar refractivity (Wildman–Crippen MR) is 99.9 cm³/mol. The molecule has 26 heavy (non-hydrogen) atoms. The Morgan fingerprint density at radius 2 is 1.92 bits per heavy atom. The SMILES string of the molecule is C[C@@H]1CCCC[C@@H]1NC(=O)c1ccc(Cl)c(S(=O)(=O)N2CCOCC2)c1. The van der Waals surface area contributed by atoms with E-state index in [2.05, 4.69) is 12.2 Å².